The summed E-state index contributed by atoms with van der Waals surface area (Å²) in [7, 11) is -3.61. The normalized spacial score (nSPS) is 16.7. The molecule has 0 fully saturated rings. The molecular weight excluding hydrogens is 340 g/mol. The Morgan fingerprint density at radius 2 is 2.16 bits per heavy atom. The molecule has 0 saturated carbocycles. The van der Waals surface area contributed by atoms with Crippen molar-refractivity contribution in [2.45, 2.75) is 37.6 Å². The van der Waals surface area contributed by atoms with Crippen molar-refractivity contribution in [2.24, 2.45) is 0 Å². The molecule has 2 aromatic rings. The number of nitrogens with one attached hydrogen (secondary N) is 1. The Hall–Kier alpha value is -2.32. The molecule has 0 saturated heterocycles. The lowest BCUT2D eigenvalue weighted by atomic mass is 10.1. The zero-order valence-electron chi connectivity index (χ0n) is 14.1. The summed E-state index contributed by atoms with van der Waals surface area (Å²) in [5.41, 5.74) is 2.39. The van der Waals surface area contributed by atoms with Gasteiger partial charge in [-0.25, -0.2) is 13.1 Å². The lowest BCUT2D eigenvalue weighted by Crippen LogP contribution is -2.33. The Balaban J connectivity index is 1.73. The number of aromatic nitrogens is 2. The Labute approximate surface area is 147 Å². The fraction of sp³-hybridized carbons (Fsp3) is 0.353. The van der Waals surface area contributed by atoms with Crippen LogP contribution in [0.15, 0.2) is 41.7 Å². The fourth-order valence-corrected chi connectivity index (χ4v) is 4.19. The summed E-state index contributed by atoms with van der Waals surface area (Å²) in [6.45, 7) is 3.72. The Bertz CT molecular complexity index is 884. The van der Waals surface area contributed by atoms with Crippen LogP contribution >= 0.6 is 0 Å². The van der Waals surface area contributed by atoms with E-state index in [-0.39, 0.29) is 23.4 Å². The molecule has 7 nitrogen and oxygen atoms in total. The van der Waals surface area contributed by atoms with E-state index in [1.807, 2.05) is 6.92 Å². The second-order valence-corrected chi connectivity index (χ2v) is 7.84. The summed E-state index contributed by atoms with van der Waals surface area (Å²) in [6.07, 6.45) is 5.88. The molecule has 3 rings (SSSR count). The molecule has 132 valence electrons. The molecular formula is C17H20N4O3S. The van der Waals surface area contributed by atoms with E-state index in [2.05, 4.69) is 14.7 Å². The quantitative estimate of drug-likeness (QED) is 0.867. The van der Waals surface area contributed by atoms with Crippen molar-refractivity contribution < 1.29 is 13.2 Å². The van der Waals surface area contributed by atoms with Crippen LogP contribution in [0.5, 0.6) is 0 Å². The average molecular weight is 360 g/mol. The van der Waals surface area contributed by atoms with Crippen molar-refractivity contribution in [3.05, 3.63) is 48.0 Å². The monoisotopic (exact) mass is 360 g/mol. The number of anilines is 1. The van der Waals surface area contributed by atoms with Gasteiger partial charge in [0.05, 0.1) is 10.6 Å². The van der Waals surface area contributed by atoms with Gasteiger partial charge in [-0.15, -0.1) is 0 Å². The van der Waals surface area contributed by atoms with E-state index in [4.69, 9.17) is 0 Å². The van der Waals surface area contributed by atoms with Gasteiger partial charge in [-0.05, 0) is 37.1 Å². The molecule has 1 aromatic heterocycles. The molecule has 1 aliphatic rings. The average Bonchev–Trinajstić information content (AvgIpc) is 2.90. The minimum absolute atomic E-state index is 0.0371. The standard InChI is InChI=1S/C17H20N4O3S/c1-12-9-14-10-16(3-4-17(14)21(12)13(2)22)25(23,24)20-6-5-15-11-18-7-8-19-15/h3-4,7-8,10-12,20H,5-6,9H2,1-2H3/t12-/m0/s1. The SMILES string of the molecule is CC(=O)N1c2ccc(S(=O)(=O)NCCc3cnccn3)cc2C[C@@H]1C. The number of rotatable bonds is 5. The number of nitrogens with zero attached hydrogens (tertiary/aromatic N) is 3. The highest BCUT2D eigenvalue weighted by molar-refractivity contribution is 7.89. The van der Waals surface area contributed by atoms with Gasteiger partial charge in [0.2, 0.25) is 15.9 Å². The van der Waals surface area contributed by atoms with Crippen LogP contribution in [0, 0.1) is 0 Å². The van der Waals surface area contributed by atoms with Crippen molar-refractivity contribution in [1.29, 1.82) is 0 Å². The maximum absolute atomic E-state index is 12.5. The number of hydrogen-bond donors (Lipinski definition) is 1. The van der Waals surface area contributed by atoms with Gasteiger partial charge >= 0.3 is 0 Å². The van der Waals surface area contributed by atoms with Crippen molar-refractivity contribution in [2.75, 3.05) is 11.4 Å². The molecule has 1 aliphatic heterocycles. The number of benzene rings is 1. The van der Waals surface area contributed by atoms with E-state index >= 15 is 0 Å². The van der Waals surface area contributed by atoms with Gasteiger partial charge in [-0.2, -0.15) is 0 Å². The molecule has 1 aromatic carbocycles. The van der Waals surface area contributed by atoms with Crippen molar-refractivity contribution >= 4 is 21.6 Å². The molecule has 0 unspecified atom stereocenters. The first-order valence-electron chi connectivity index (χ1n) is 8.06. The molecule has 0 aliphatic carbocycles. The third-order valence-electron chi connectivity index (χ3n) is 4.21. The van der Waals surface area contributed by atoms with E-state index in [1.165, 1.54) is 13.0 Å². The predicted octanol–water partition coefficient (Wildman–Crippen LogP) is 1.30. The highest BCUT2D eigenvalue weighted by Crippen LogP contribution is 2.33. The van der Waals surface area contributed by atoms with E-state index in [9.17, 15) is 13.2 Å². The summed E-state index contributed by atoms with van der Waals surface area (Å²) < 4.78 is 27.6. The number of carbonyl (C=O) groups is 1. The second-order valence-electron chi connectivity index (χ2n) is 6.08. The molecule has 25 heavy (non-hydrogen) atoms. The first-order valence-corrected chi connectivity index (χ1v) is 9.54. The molecule has 2 heterocycles. The molecule has 0 bridgehead atoms. The third-order valence-corrected chi connectivity index (χ3v) is 5.66. The highest BCUT2D eigenvalue weighted by atomic mass is 32.2. The first-order chi connectivity index (χ1) is 11.9. The number of hydrogen-bond acceptors (Lipinski definition) is 5. The predicted molar refractivity (Wildman–Crippen MR) is 93.7 cm³/mol. The second kappa shape index (κ2) is 6.89. The van der Waals surface area contributed by atoms with Crippen LogP contribution in [-0.4, -0.2) is 36.9 Å². The topological polar surface area (TPSA) is 92.3 Å². The molecule has 1 N–H and O–H groups in total. The lowest BCUT2D eigenvalue weighted by Gasteiger charge is -2.20. The number of sulfonamides is 1. The number of amides is 1. The molecule has 0 spiro atoms. The summed E-state index contributed by atoms with van der Waals surface area (Å²) in [5.74, 6) is -0.0380. The van der Waals surface area contributed by atoms with E-state index in [1.54, 1.807) is 35.6 Å². The number of fused-ring (bicyclic) bond motifs is 1. The largest absolute Gasteiger partial charge is 0.309 e. The summed E-state index contributed by atoms with van der Waals surface area (Å²) in [4.78, 5) is 21.7. The summed E-state index contributed by atoms with van der Waals surface area (Å²) >= 11 is 0. The Morgan fingerprint density at radius 1 is 1.36 bits per heavy atom. The highest BCUT2D eigenvalue weighted by Gasteiger charge is 2.30. The van der Waals surface area contributed by atoms with Gasteiger partial charge in [0.1, 0.15) is 0 Å². The maximum Gasteiger partial charge on any atom is 0.240 e. The van der Waals surface area contributed by atoms with Crippen LogP contribution in [0.25, 0.3) is 0 Å². The number of carbonyl (C=O) groups excluding carboxylic acids is 1. The van der Waals surface area contributed by atoms with Gasteiger partial charge < -0.3 is 4.90 Å². The molecule has 1 atom stereocenters. The van der Waals surface area contributed by atoms with Crippen LogP contribution < -0.4 is 9.62 Å². The summed E-state index contributed by atoms with van der Waals surface area (Å²) in [6, 6.07) is 4.93. The van der Waals surface area contributed by atoms with Crippen LogP contribution in [-0.2, 0) is 27.7 Å². The Morgan fingerprint density at radius 3 is 2.84 bits per heavy atom. The van der Waals surface area contributed by atoms with Gasteiger partial charge in [-0.3, -0.25) is 14.8 Å². The lowest BCUT2D eigenvalue weighted by molar-refractivity contribution is -0.116. The van der Waals surface area contributed by atoms with Gasteiger partial charge in [0.15, 0.2) is 0 Å². The molecule has 1 amide bonds. The van der Waals surface area contributed by atoms with Gasteiger partial charge in [0, 0.05) is 50.2 Å². The minimum atomic E-state index is -3.61. The maximum atomic E-state index is 12.5. The van der Waals surface area contributed by atoms with Crippen LogP contribution in [0.2, 0.25) is 0 Å². The van der Waals surface area contributed by atoms with Crippen LogP contribution in [0.4, 0.5) is 5.69 Å². The smallest absolute Gasteiger partial charge is 0.240 e. The molecule has 8 heteroatoms. The Kier molecular flexibility index (Phi) is 4.82. The first kappa shape index (κ1) is 17.5. The third kappa shape index (κ3) is 3.69. The zero-order chi connectivity index (χ0) is 18.0. The zero-order valence-corrected chi connectivity index (χ0v) is 15.0. The molecule has 0 radical (unpaired) electrons. The van der Waals surface area contributed by atoms with Crippen LogP contribution in [0.1, 0.15) is 25.1 Å². The van der Waals surface area contributed by atoms with E-state index < -0.39 is 10.0 Å². The van der Waals surface area contributed by atoms with E-state index in [0.29, 0.717) is 12.8 Å². The fourth-order valence-electron chi connectivity index (χ4n) is 3.11. The van der Waals surface area contributed by atoms with Crippen molar-refractivity contribution in [1.82, 2.24) is 14.7 Å². The van der Waals surface area contributed by atoms with Crippen molar-refractivity contribution in [3.8, 4) is 0 Å². The van der Waals surface area contributed by atoms with Crippen molar-refractivity contribution in [3.63, 3.8) is 0 Å². The van der Waals surface area contributed by atoms with Gasteiger partial charge in [0.25, 0.3) is 0 Å². The summed E-state index contributed by atoms with van der Waals surface area (Å²) in [5, 5.41) is 0. The minimum Gasteiger partial charge on any atom is -0.309 e. The van der Waals surface area contributed by atoms with E-state index in [0.717, 1.165) is 16.9 Å². The van der Waals surface area contributed by atoms with Crippen LogP contribution in [0.3, 0.4) is 0 Å². The van der Waals surface area contributed by atoms with Gasteiger partial charge in [-0.1, -0.05) is 0 Å².